The van der Waals surface area contributed by atoms with Gasteiger partial charge in [-0.25, -0.2) is 0 Å². The minimum absolute atomic E-state index is 0.0520. The highest BCUT2D eigenvalue weighted by molar-refractivity contribution is 5.97. The van der Waals surface area contributed by atoms with Gasteiger partial charge in [-0.05, 0) is 51.8 Å². The largest absolute Gasteiger partial charge is 0.346 e. The maximum Gasteiger partial charge on any atom is 0.252 e. The lowest BCUT2D eigenvalue weighted by atomic mass is 9.96. The zero-order chi connectivity index (χ0) is 13.3. The number of hydrogen-bond acceptors (Lipinski definition) is 2. The minimum Gasteiger partial charge on any atom is -0.346 e. The highest BCUT2D eigenvalue weighted by Crippen LogP contribution is 2.19. The fraction of sp³-hybridized carbons (Fsp3) is 0.533. The van der Waals surface area contributed by atoms with Crippen LogP contribution in [0.5, 0.6) is 0 Å². The highest BCUT2D eigenvalue weighted by atomic mass is 16.1. The first-order chi connectivity index (χ1) is 8.41. The molecule has 2 rings (SSSR count). The summed E-state index contributed by atoms with van der Waals surface area (Å²) in [6, 6.07) is 4.13. The molecule has 1 unspecified atom stereocenters. The van der Waals surface area contributed by atoms with Crippen molar-refractivity contribution >= 4 is 5.91 Å². The van der Waals surface area contributed by atoms with E-state index in [1.54, 1.807) is 0 Å². The molecule has 0 bridgehead atoms. The summed E-state index contributed by atoms with van der Waals surface area (Å²) in [5, 5.41) is 6.46. The Morgan fingerprint density at radius 1 is 1.28 bits per heavy atom. The smallest absolute Gasteiger partial charge is 0.252 e. The van der Waals surface area contributed by atoms with Crippen LogP contribution in [0.15, 0.2) is 12.1 Å². The van der Waals surface area contributed by atoms with Gasteiger partial charge in [0, 0.05) is 12.1 Å². The fourth-order valence-electron chi connectivity index (χ4n) is 2.80. The second-order valence-corrected chi connectivity index (χ2v) is 5.72. The topological polar surface area (TPSA) is 41.1 Å². The SMILES string of the molecule is Cc1cc(C)c(C(=O)NC2(C)CCNC2)c(C)c1. The molecule has 3 nitrogen and oxygen atoms in total. The van der Waals surface area contributed by atoms with Crippen molar-refractivity contribution in [1.82, 2.24) is 10.6 Å². The molecule has 1 fully saturated rings. The average molecular weight is 246 g/mol. The average Bonchev–Trinajstić information content (AvgIpc) is 2.62. The van der Waals surface area contributed by atoms with E-state index in [0.29, 0.717) is 0 Å². The molecule has 1 atom stereocenters. The zero-order valence-corrected chi connectivity index (χ0v) is 11.7. The van der Waals surface area contributed by atoms with Crippen LogP contribution in [0.4, 0.5) is 0 Å². The first-order valence-corrected chi connectivity index (χ1v) is 6.52. The molecule has 0 spiro atoms. The Labute approximate surface area is 109 Å². The van der Waals surface area contributed by atoms with Crippen molar-refractivity contribution in [2.24, 2.45) is 0 Å². The molecule has 1 aromatic rings. The lowest BCUT2D eigenvalue weighted by Crippen LogP contribution is -2.47. The standard InChI is InChI=1S/C15H22N2O/c1-10-7-11(2)13(12(3)8-10)14(18)17-15(4)5-6-16-9-15/h7-8,16H,5-6,9H2,1-4H3,(H,17,18). The third kappa shape index (κ3) is 2.56. The van der Waals surface area contributed by atoms with Crippen LogP contribution >= 0.6 is 0 Å². The summed E-state index contributed by atoms with van der Waals surface area (Å²) in [4.78, 5) is 12.4. The summed E-state index contributed by atoms with van der Waals surface area (Å²) >= 11 is 0. The predicted octanol–water partition coefficient (Wildman–Crippen LogP) is 2.09. The lowest BCUT2D eigenvalue weighted by molar-refractivity contribution is 0.0912. The van der Waals surface area contributed by atoms with E-state index < -0.39 is 0 Å². The number of carbonyl (C=O) groups excluding carboxylic acids is 1. The van der Waals surface area contributed by atoms with Gasteiger partial charge < -0.3 is 10.6 Å². The van der Waals surface area contributed by atoms with Crippen LogP contribution in [-0.2, 0) is 0 Å². The third-order valence-electron chi connectivity index (χ3n) is 3.69. The first kappa shape index (κ1) is 13.1. The van der Waals surface area contributed by atoms with Crippen LogP contribution in [0.3, 0.4) is 0 Å². The molecule has 2 N–H and O–H groups in total. The lowest BCUT2D eigenvalue weighted by Gasteiger charge is -2.25. The molecule has 1 heterocycles. The van der Waals surface area contributed by atoms with Gasteiger partial charge in [0.1, 0.15) is 0 Å². The number of rotatable bonds is 2. The van der Waals surface area contributed by atoms with Crippen LogP contribution in [0.1, 0.15) is 40.4 Å². The molecule has 1 aliphatic heterocycles. The molecule has 3 heteroatoms. The molecule has 1 aliphatic rings. The van der Waals surface area contributed by atoms with Gasteiger partial charge in [0.25, 0.3) is 5.91 Å². The number of carbonyl (C=O) groups is 1. The molecule has 98 valence electrons. The number of nitrogens with one attached hydrogen (secondary N) is 2. The Balaban J connectivity index is 2.24. The van der Waals surface area contributed by atoms with Crippen LogP contribution in [0.25, 0.3) is 0 Å². The van der Waals surface area contributed by atoms with Gasteiger partial charge in [0.05, 0.1) is 5.54 Å². The van der Waals surface area contributed by atoms with Gasteiger partial charge in [0.15, 0.2) is 0 Å². The Morgan fingerprint density at radius 2 is 1.89 bits per heavy atom. The van der Waals surface area contributed by atoms with Gasteiger partial charge in [-0.1, -0.05) is 17.7 Å². The monoisotopic (exact) mass is 246 g/mol. The molecule has 0 saturated carbocycles. The van der Waals surface area contributed by atoms with Gasteiger partial charge >= 0.3 is 0 Å². The van der Waals surface area contributed by atoms with E-state index in [-0.39, 0.29) is 11.4 Å². The van der Waals surface area contributed by atoms with Crippen LogP contribution in [0, 0.1) is 20.8 Å². The van der Waals surface area contributed by atoms with Crippen LogP contribution < -0.4 is 10.6 Å². The summed E-state index contributed by atoms with van der Waals surface area (Å²) in [5.41, 5.74) is 4.03. The van der Waals surface area contributed by atoms with Crippen molar-refractivity contribution in [1.29, 1.82) is 0 Å². The fourth-order valence-corrected chi connectivity index (χ4v) is 2.80. The van der Waals surface area contributed by atoms with Crippen LogP contribution in [0.2, 0.25) is 0 Å². The van der Waals surface area contributed by atoms with Gasteiger partial charge in [-0.2, -0.15) is 0 Å². The van der Waals surface area contributed by atoms with Gasteiger partial charge in [-0.3, -0.25) is 4.79 Å². The van der Waals surface area contributed by atoms with E-state index in [9.17, 15) is 4.79 Å². The van der Waals surface area contributed by atoms with Gasteiger partial charge in [-0.15, -0.1) is 0 Å². The minimum atomic E-state index is -0.110. The summed E-state index contributed by atoms with van der Waals surface area (Å²) < 4.78 is 0. The molecule has 1 saturated heterocycles. The van der Waals surface area contributed by atoms with Crippen molar-refractivity contribution < 1.29 is 4.79 Å². The maximum atomic E-state index is 12.4. The summed E-state index contributed by atoms with van der Waals surface area (Å²) in [7, 11) is 0. The van der Waals surface area contributed by atoms with Gasteiger partial charge in [0.2, 0.25) is 0 Å². The van der Waals surface area contributed by atoms with Crippen molar-refractivity contribution in [2.75, 3.05) is 13.1 Å². The van der Waals surface area contributed by atoms with E-state index in [0.717, 1.165) is 36.2 Å². The van der Waals surface area contributed by atoms with E-state index in [1.807, 2.05) is 13.8 Å². The Hall–Kier alpha value is -1.35. The second kappa shape index (κ2) is 4.73. The molecule has 1 amide bonds. The van der Waals surface area contributed by atoms with Crippen molar-refractivity contribution in [3.63, 3.8) is 0 Å². The van der Waals surface area contributed by atoms with E-state index in [4.69, 9.17) is 0 Å². The Morgan fingerprint density at radius 3 is 2.39 bits per heavy atom. The second-order valence-electron chi connectivity index (χ2n) is 5.72. The molecule has 0 radical (unpaired) electrons. The number of amides is 1. The third-order valence-corrected chi connectivity index (χ3v) is 3.69. The summed E-state index contributed by atoms with van der Waals surface area (Å²) in [5.74, 6) is 0.0520. The van der Waals surface area contributed by atoms with Crippen LogP contribution in [-0.4, -0.2) is 24.5 Å². The summed E-state index contributed by atoms with van der Waals surface area (Å²) in [6.45, 7) is 9.99. The predicted molar refractivity (Wildman–Crippen MR) is 74.0 cm³/mol. The van der Waals surface area contributed by atoms with E-state index in [1.165, 1.54) is 5.56 Å². The highest BCUT2D eigenvalue weighted by Gasteiger charge is 2.31. The molecular weight excluding hydrogens is 224 g/mol. The van der Waals surface area contributed by atoms with E-state index in [2.05, 4.69) is 36.6 Å². The normalized spacial score (nSPS) is 23.1. The number of benzene rings is 1. The molecule has 0 aromatic heterocycles. The molecule has 18 heavy (non-hydrogen) atoms. The number of aryl methyl sites for hydroxylation is 3. The van der Waals surface area contributed by atoms with Crippen molar-refractivity contribution in [3.05, 3.63) is 34.4 Å². The number of hydrogen-bond donors (Lipinski definition) is 2. The Kier molecular flexibility index (Phi) is 3.44. The summed E-state index contributed by atoms with van der Waals surface area (Å²) in [6.07, 6.45) is 0.989. The Bertz CT molecular complexity index is 450. The maximum absolute atomic E-state index is 12.4. The zero-order valence-electron chi connectivity index (χ0n) is 11.7. The molecule has 1 aromatic carbocycles. The molecule has 0 aliphatic carbocycles. The first-order valence-electron chi connectivity index (χ1n) is 6.52. The van der Waals surface area contributed by atoms with Crippen molar-refractivity contribution in [2.45, 2.75) is 39.7 Å². The molecular formula is C15H22N2O. The quantitative estimate of drug-likeness (QED) is 0.839. The van der Waals surface area contributed by atoms with E-state index >= 15 is 0 Å². The van der Waals surface area contributed by atoms with Crippen molar-refractivity contribution in [3.8, 4) is 0 Å².